The van der Waals surface area contributed by atoms with Crippen LogP contribution in [-0.2, 0) is 6.54 Å². The van der Waals surface area contributed by atoms with Gasteiger partial charge in [0.1, 0.15) is 0 Å². The summed E-state index contributed by atoms with van der Waals surface area (Å²) in [5.74, 6) is 0. The summed E-state index contributed by atoms with van der Waals surface area (Å²) < 4.78 is 0. The average Bonchev–Trinajstić information content (AvgIpc) is 2.46. The van der Waals surface area contributed by atoms with Crippen LogP contribution in [0.3, 0.4) is 0 Å². The van der Waals surface area contributed by atoms with Gasteiger partial charge in [-0.15, -0.1) is 0 Å². The van der Waals surface area contributed by atoms with E-state index in [1.807, 2.05) is 38.4 Å². The maximum atomic E-state index is 9.98. The van der Waals surface area contributed by atoms with Gasteiger partial charge in [0.05, 0.1) is 5.60 Å². The molecule has 0 saturated heterocycles. The number of hydrogen-bond acceptors (Lipinski definition) is 3. The van der Waals surface area contributed by atoms with Crippen LogP contribution in [0.25, 0.3) is 11.1 Å². The number of nitrogens with zero attached hydrogens (tertiary/aromatic N) is 2. The maximum Gasteiger partial charge on any atom is 0.0718 e. The van der Waals surface area contributed by atoms with Gasteiger partial charge >= 0.3 is 0 Å². The van der Waals surface area contributed by atoms with Gasteiger partial charge in [-0.05, 0) is 55.3 Å². The quantitative estimate of drug-likeness (QED) is 0.884. The lowest BCUT2D eigenvalue weighted by molar-refractivity contribution is 0.0353. The normalized spacial score (nSPS) is 11.9. The van der Waals surface area contributed by atoms with Gasteiger partial charge in [0, 0.05) is 25.5 Å². The van der Waals surface area contributed by atoms with E-state index in [0.717, 1.165) is 13.1 Å². The van der Waals surface area contributed by atoms with Gasteiger partial charge in [-0.3, -0.25) is 9.88 Å². The van der Waals surface area contributed by atoms with Crippen LogP contribution in [0.5, 0.6) is 0 Å². The lowest BCUT2D eigenvalue weighted by Gasteiger charge is -2.28. The molecule has 0 saturated carbocycles. The fourth-order valence-electron chi connectivity index (χ4n) is 2.48. The SMILES string of the molecule is CCN(Cc1cccc(-c2ccncc2)c1)CC(C)(C)O. The third kappa shape index (κ3) is 4.96. The van der Waals surface area contributed by atoms with Crippen molar-refractivity contribution < 1.29 is 5.11 Å². The molecule has 0 radical (unpaired) electrons. The second-order valence-electron chi connectivity index (χ2n) is 6.05. The summed E-state index contributed by atoms with van der Waals surface area (Å²) in [6.45, 7) is 8.26. The number of pyridine rings is 1. The first kappa shape index (κ1) is 15.7. The third-order valence-corrected chi connectivity index (χ3v) is 3.40. The molecule has 21 heavy (non-hydrogen) atoms. The summed E-state index contributed by atoms with van der Waals surface area (Å²) >= 11 is 0. The Kier molecular flexibility index (Phi) is 5.10. The number of benzene rings is 1. The fraction of sp³-hybridized carbons (Fsp3) is 0.389. The van der Waals surface area contributed by atoms with Crippen LogP contribution >= 0.6 is 0 Å². The Hall–Kier alpha value is -1.71. The maximum absolute atomic E-state index is 9.98. The minimum Gasteiger partial charge on any atom is -0.389 e. The molecule has 0 aliphatic heterocycles. The van der Waals surface area contributed by atoms with E-state index >= 15 is 0 Å². The molecule has 0 unspecified atom stereocenters. The van der Waals surface area contributed by atoms with E-state index in [-0.39, 0.29) is 0 Å². The second-order valence-corrected chi connectivity index (χ2v) is 6.05. The fourth-order valence-corrected chi connectivity index (χ4v) is 2.48. The molecule has 0 atom stereocenters. The van der Waals surface area contributed by atoms with Gasteiger partial charge < -0.3 is 5.11 Å². The highest BCUT2D eigenvalue weighted by Crippen LogP contribution is 2.20. The Morgan fingerprint density at radius 2 is 1.81 bits per heavy atom. The van der Waals surface area contributed by atoms with Gasteiger partial charge in [-0.2, -0.15) is 0 Å². The van der Waals surface area contributed by atoms with E-state index in [1.165, 1.54) is 16.7 Å². The van der Waals surface area contributed by atoms with Crippen LogP contribution in [0, 0.1) is 0 Å². The first-order valence-corrected chi connectivity index (χ1v) is 7.42. The predicted molar refractivity (Wildman–Crippen MR) is 86.9 cm³/mol. The standard InChI is InChI=1S/C18H24N2O/c1-4-20(14-18(2,3)21)13-15-6-5-7-17(12-15)16-8-10-19-11-9-16/h5-12,21H,4,13-14H2,1-3H3. The minimum absolute atomic E-state index is 0.668. The first-order valence-electron chi connectivity index (χ1n) is 7.42. The molecule has 0 aliphatic rings. The second kappa shape index (κ2) is 6.83. The van der Waals surface area contributed by atoms with Crippen molar-refractivity contribution in [3.05, 3.63) is 54.4 Å². The lowest BCUT2D eigenvalue weighted by Crippen LogP contribution is -2.38. The predicted octanol–water partition coefficient (Wildman–Crippen LogP) is 3.34. The van der Waals surface area contributed by atoms with Crippen molar-refractivity contribution in [1.29, 1.82) is 0 Å². The van der Waals surface area contributed by atoms with Crippen molar-refractivity contribution in [2.24, 2.45) is 0 Å². The monoisotopic (exact) mass is 284 g/mol. The molecule has 1 aromatic heterocycles. The number of aliphatic hydroxyl groups is 1. The highest BCUT2D eigenvalue weighted by Gasteiger charge is 2.17. The minimum atomic E-state index is -0.668. The van der Waals surface area contributed by atoms with Crippen LogP contribution < -0.4 is 0 Å². The Morgan fingerprint density at radius 1 is 1.10 bits per heavy atom. The third-order valence-electron chi connectivity index (χ3n) is 3.40. The molecule has 1 aromatic carbocycles. The van der Waals surface area contributed by atoms with Crippen LogP contribution in [0.15, 0.2) is 48.8 Å². The Balaban J connectivity index is 2.14. The Labute approximate surface area is 127 Å². The Bertz CT molecular complexity index is 561. The van der Waals surface area contributed by atoms with E-state index in [4.69, 9.17) is 0 Å². The molecule has 0 bridgehead atoms. The van der Waals surface area contributed by atoms with Crippen LogP contribution in [0.4, 0.5) is 0 Å². The number of rotatable bonds is 6. The number of aromatic nitrogens is 1. The summed E-state index contributed by atoms with van der Waals surface area (Å²) in [6.07, 6.45) is 3.63. The molecular weight excluding hydrogens is 260 g/mol. The largest absolute Gasteiger partial charge is 0.389 e. The molecule has 2 rings (SSSR count). The summed E-state index contributed by atoms with van der Waals surface area (Å²) in [5.41, 5.74) is 2.97. The molecule has 3 heteroatoms. The van der Waals surface area contributed by atoms with Crippen molar-refractivity contribution in [3.63, 3.8) is 0 Å². The number of hydrogen-bond donors (Lipinski definition) is 1. The molecule has 0 aliphatic carbocycles. The van der Waals surface area contributed by atoms with Crippen molar-refractivity contribution in [3.8, 4) is 11.1 Å². The summed E-state index contributed by atoms with van der Waals surface area (Å²) in [6, 6.07) is 12.6. The molecule has 2 aromatic rings. The highest BCUT2D eigenvalue weighted by atomic mass is 16.3. The van der Waals surface area contributed by atoms with Gasteiger partial charge in [0.25, 0.3) is 0 Å². The van der Waals surface area contributed by atoms with E-state index < -0.39 is 5.60 Å². The van der Waals surface area contributed by atoms with Crippen molar-refractivity contribution >= 4 is 0 Å². The molecular formula is C18H24N2O. The van der Waals surface area contributed by atoms with Gasteiger partial charge in [-0.1, -0.05) is 25.1 Å². The Morgan fingerprint density at radius 3 is 2.43 bits per heavy atom. The van der Waals surface area contributed by atoms with E-state index in [0.29, 0.717) is 6.54 Å². The average molecular weight is 284 g/mol. The van der Waals surface area contributed by atoms with Gasteiger partial charge in [0.2, 0.25) is 0 Å². The first-order chi connectivity index (χ1) is 9.98. The molecule has 1 N–H and O–H groups in total. The van der Waals surface area contributed by atoms with E-state index in [2.05, 4.69) is 41.1 Å². The van der Waals surface area contributed by atoms with Crippen LogP contribution in [0.2, 0.25) is 0 Å². The topological polar surface area (TPSA) is 36.4 Å². The lowest BCUT2D eigenvalue weighted by atomic mass is 10.0. The molecule has 0 fully saturated rings. The van der Waals surface area contributed by atoms with Crippen molar-refractivity contribution in [1.82, 2.24) is 9.88 Å². The van der Waals surface area contributed by atoms with Crippen LogP contribution in [0.1, 0.15) is 26.3 Å². The molecule has 3 nitrogen and oxygen atoms in total. The molecule has 0 spiro atoms. The van der Waals surface area contributed by atoms with Crippen molar-refractivity contribution in [2.45, 2.75) is 32.9 Å². The summed E-state index contributed by atoms with van der Waals surface area (Å²) in [4.78, 5) is 6.31. The van der Waals surface area contributed by atoms with E-state index in [9.17, 15) is 5.11 Å². The van der Waals surface area contributed by atoms with E-state index in [1.54, 1.807) is 0 Å². The molecule has 1 heterocycles. The molecule has 0 amide bonds. The summed E-state index contributed by atoms with van der Waals surface area (Å²) in [5, 5.41) is 9.98. The zero-order chi connectivity index (χ0) is 15.3. The molecule has 112 valence electrons. The zero-order valence-corrected chi connectivity index (χ0v) is 13.1. The zero-order valence-electron chi connectivity index (χ0n) is 13.1. The van der Waals surface area contributed by atoms with Gasteiger partial charge in [0.15, 0.2) is 0 Å². The van der Waals surface area contributed by atoms with Crippen molar-refractivity contribution in [2.75, 3.05) is 13.1 Å². The number of likely N-dealkylation sites (N-methyl/N-ethyl adjacent to an activating group) is 1. The van der Waals surface area contributed by atoms with Crippen LogP contribution in [-0.4, -0.2) is 33.7 Å². The van der Waals surface area contributed by atoms with Gasteiger partial charge in [-0.25, -0.2) is 0 Å². The summed E-state index contributed by atoms with van der Waals surface area (Å²) in [7, 11) is 0. The smallest absolute Gasteiger partial charge is 0.0718 e. The highest BCUT2D eigenvalue weighted by molar-refractivity contribution is 5.63.